The van der Waals surface area contributed by atoms with Gasteiger partial charge in [0.05, 0.1) is 5.56 Å². The Kier molecular flexibility index (Phi) is 1.88. The van der Waals surface area contributed by atoms with Crippen molar-refractivity contribution < 1.29 is 13.2 Å². The fourth-order valence-electron chi connectivity index (χ4n) is 1.96. The van der Waals surface area contributed by atoms with Crippen LogP contribution in [0.2, 0.25) is 0 Å². The van der Waals surface area contributed by atoms with Crippen molar-refractivity contribution in [2.24, 2.45) is 5.92 Å². The molecule has 2 rings (SSSR count). The summed E-state index contributed by atoms with van der Waals surface area (Å²) in [5, 5.41) is 0. The van der Waals surface area contributed by atoms with Gasteiger partial charge in [-0.25, -0.2) is 13.2 Å². The SMILES string of the molecule is Cc1ccc2c(c1F)C(F)(F)[C@H](C)C2. The van der Waals surface area contributed by atoms with E-state index < -0.39 is 17.7 Å². The van der Waals surface area contributed by atoms with Crippen molar-refractivity contribution in [3.8, 4) is 0 Å². The second-order valence-corrected chi connectivity index (χ2v) is 3.96. The highest BCUT2D eigenvalue weighted by Crippen LogP contribution is 2.47. The molecule has 0 fully saturated rings. The van der Waals surface area contributed by atoms with E-state index >= 15 is 0 Å². The molecule has 0 bridgehead atoms. The monoisotopic (exact) mass is 200 g/mol. The molecule has 1 atom stereocenters. The van der Waals surface area contributed by atoms with Gasteiger partial charge >= 0.3 is 0 Å². The third kappa shape index (κ3) is 1.08. The Morgan fingerprint density at radius 1 is 1.36 bits per heavy atom. The highest BCUT2D eigenvalue weighted by Gasteiger charge is 2.48. The molecular formula is C11H11F3. The van der Waals surface area contributed by atoms with Gasteiger partial charge in [-0.05, 0) is 24.5 Å². The fourth-order valence-corrected chi connectivity index (χ4v) is 1.96. The summed E-state index contributed by atoms with van der Waals surface area (Å²) >= 11 is 0. The van der Waals surface area contributed by atoms with E-state index in [4.69, 9.17) is 0 Å². The normalized spacial score (nSPS) is 23.6. The minimum Gasteiger partial charge on any atom is -0.206 e. The van der Waals surface area contributed by atoms with Gasteiger partial charge in [-0.3, -0.25) is 0 Å². The molecule has 0 saturated carbocycles. The van der Waals surface area contributed by atoms with E-state index in [-0.39, 0.29) is 17.5 Å². The molecule has 0 aromatic heterocycles. The number of benzene rings is 1. The Hall–Kier alpha value is -0.990. The van der Waals surface area contributed by atoms with Crippen molar-refractivity contribution in [3.05, 3.63) is 34.6 Å². The summed E-state index contributed by atoms with van der Waals surface area (Å²) in [5.41, 5.74) is 0.355. The second-order valence-electron chi connectivity index (χ2n) is 3.96. The molecule has 0 radical (unpaired) electrons. The fraction of sp³-hybridized carbons (Fsp3) is 0.455. The first-order valence-corrected chi connectivity index (χ1v) is 4.61. The van der Waals surface area contributed by atoms with Gasteiger partial charge in [0.15, 0.2) is 0 Å². The first-order valence-electron chi connectivity index (χ1n) is 4.61. The van der Waals surface area contributed by atoms with E-state index in [0.29, 0.717) is 5.56 Å². The van der Waals surface area contributed by atoms with Crippen LogP contribution >= 0.6 is 0 Å². The van der Waals surface area contributed by atoms with Crippen LogP contribution in [0.3, 0.4) is 0 Å². The van der Waals surface area contributed by atoms with Gasteiger partial charge in [0.25, 0.3) is 5.92 Å². The molecule has 1 aromatic carbocycles. The topological polar surface area (TPSA) is 0 Å². The van der Waals surface area contributed by atoms with Gasteiger partial charge in [0.2, 0.25) is 0 Å². The first-order chi connectivity index (χ1) is 6.44. The number of halogens is 3. The molecule has 0 saturated heterocycles. The maximum absolute atomic E-state index is 13.5. The van der Waals surface area contributed by atoms with Crippen molar-refractivity contribution in [2.45, 2.75) is 26.2 Å². The second kappa shape index (κ2) is 2.75. The minimum atomic E-state index is -3.01. The zero-order valence-electron chi connectivity index (χ0n) is 8.07. The maximum Gasteiger partial charge on any atom is 0.279 e. The van der Waals surface area contributed by atoms with Gasteiger partial charge in [-0.2, -0.15) is 0 Å². The molecular weight excluding hydrogens is 189 g/mol. The Labute approximate surface area is 80.7 Å². The van der Waals surface area contributed by atoms with E-state index in [1.54, 1.807) is 12.1 Å². The van der Waals surface area contributed by atoms with E-state index in [9.17, 15) is 13.2 Å². The van der Waals surface area contributed by atoms with Crippen molar-refractivity contribution in [1.82, 2.24) is 0 Å². The minimum absolute atomic E-state index is 0.263. The van der Waals surface area contributed by atoms with E-state index in [0.717, 1.165) is 0 Å². The summed E-state index contributed by atoms with van der Waals surface area (Å²) in [6, 6.07) is 3.16. The summed E-state index contributed by atoms with van der Waals surface area (Å²) in [6.45, 7) is 2.96. The lowest BCUT2D eigenvalue weighted by Gasteiger charge is -2.16. The van der Waals surface area contributed by atoms with E-state index in [1.807, 2.05) is 0 Å². The summed E-state index contributed by atoms with van der Waals surface area (Å²) < 4.78 is 40.6. The smallest absolute Gasteiger partial charge is 0.206 e. The summed E-state index contributed by atoms with van der Waals surface area (Å²) in [4.78, 5) is 0. The number of hydrogen-bond donors (Lipinski definition) is 0. The zero-order chi connectivity index (χ0) is 10.5. The van der Waals surface area contributed by atoms with Gasteiger partial charge in [0, 0.05) is 5.92 Å². The first kappa shape index (κ1) is 9.56. The highest BCUT2D eigenvalue weighted by atomic mass is 19.3. The van der Waals surface area contributed by atoms with Crippen molar-refractivity contribution in [3.63, 3.8) is 0 Å². The third-order valence-electron chi connectivity index (χ3n) is 2.90. The Bertz CT molecular complexity index is 382. The van der Waals surface area contributed by atoms with E-state index in [1.165, 1.54) is 13.8 Å². The summed E-state index contributed by atoms with van der Waals surface area (Å²) in [7, 11) is 0. The van der Waals surface area contributed by atoms with Crippen LogP contribution < -0.4 is 0 Å². The summed E-state index contributed by atoms with van der Waals surface area (Å²) in [5.74, 6) is -4.54. The molecule has 0 N–H and O–H groups in total. The molecule has 1 aliphatic rings. The number of fused-ring (bicyclic) bond motifs is 1. The van der Waals surface area contributed by atoms with Crippen molar-refractivity contribution in [2.75, 3.05) is 0 Å². The molecule has 0 nitrogen and oxygen atoms in total. The van der Waals surface area contributed by atoms with Crippen LogP contribution in [0.1, 0.15) is 23.6 Å². The summed E-state index contributed by atoms with van der Waals surface area (Å²) in [6.07, 6.45) is 0.263. The zero-order valence-corrected chi connectivity index (χ0v) is 8.07. The van der Waals surface area contributed by atoms with Crippen LogP contribution in [0, 0.1) is 18.7 Å². The molecule has 1 aliphatic carbocycles. The van der Waals surface area contributed by atoms with Crippen LogP contribution in [0.25, 0.3) is 0 Å². The van der Waals surface area contributed by atoms with E-state index in [2.05, 4.69) is 0 Å². The number of rotatable bonds is 0. The molecule has 0 aliphatic heterocycles. The number of aryl methyl sites for hydroxylation is 1. The predicted octanol–water partition coefficient (Wildman–Crippen LogP) is 3.42. The van der Waals surface area contributed by atoms with Crippen LogP contribution in [0.15, 0.2) is 12.1 Å². The van der Waals surface area contributed by atoms with Crippen LogP contribution in [0.5, 0.6) is 0 Å². The van der Waals surface area contributed by atoms with Crippen LogP contribution in [-0.2, 0) is 12.3 Å². The Morgan fingerprint density at radius 2 is 2.00 bits per heavy atom. The quantitative estimate of drug-likeness (QED) is 0.602. The molecule has 1 aromatic rings. The van der Waals surface area contributed by atoms with Gasteiger partial charge in [0.1, 0.15) is 5.82 Å². The Morgan fingerprint density at radius 3 is 2.64 bits per heavy atom. The molecule has 14 heavy (non-hydrogen) atoms. The van der Waals surface area contributed by atoms with Crippen molar-refractivity contribution >= 4 is 0 Å². The Balaban J connectivity index is 2.68. The van der Waals surface area contributed by atoms with Crippen LogP contribution in [0.4, 0.5) is 13.2 Å². The average Bonchev–Trinajstić information content (AvgIpc) is 2.32. The van der Waals surface area contributed by atoms with Gasteiger partial charge < -0.3 is 0 Å². The molecule has 0 amide bonds. The molecule has 76 valence electrons. The number of hydrogen-bond acceptors (Lipinski definition) is 0. The molecule has 0 heterocycles. The van der Waals surface area contributed by atoms with Crippen LogP contribution in [-0.4, -0.2) is 0 Å². The maximum atomic E-state index is 13.5. The lowest BCUT2D eigenvalue weighted by molar-refractivity contribution is -0.0478. The highest BCUT2D eigenvalue weighted by molar-refractivity contribution is 5.41. The predicted molar refractivity (Wildman–Crippen MR) is 47.9 cm³/mol. The number of alkyl halides is 2. The molecule has 0 unspecified atom stereocenters. The standard InChI is InChI=1S/C11H11F3/c1-6-3-4-8-5-7(2)11(13,14)9(8)10(6)12/h3-4,7H,5H2,1-2H3/t7-/m1/s1. The van der Waals surface area contributed by atoms with Crippen molar-refractivity contribution in [1.29, 1.82) is 0 Å². The lowest BCUT2D eigenvalue weighted by atomic mass is 10.0. The third-order valence-corrected chi connectivity index (χ3v) is 2.90. The van der Waals surface area contributed by atoms with Gasteiger partial charge in [-0.1, -0.05) is 19.1 Å². The van der Waals surface area contributed by atoms with Gasteiger partial charge in [-0.15, -0.1) is 0 Å². The average molecular weight is 200 g/mol. The largest absolute Gasteiger partial charge is 0.279 e. The molecule has 3 heteroatoms. The molecule has 0 spiro atoms. The lowest BCUT2D eigenvalue weighted by Crippen LogP contribution is -2.19.